The van der Waals surface area contributed by atoms with Gasteiger partial charge in [-0.3, -0.25) is 9.88 Å². The number of hydrogen-bond acceptors (Lipinski definition) is 3. The van der Waals surface area contributed by atoms with E-state index in [1.807, 2.05) is 19.4 Å². The minimum absolute atomic E-state index is 0.0179. The van der Waals surface area contributed by atoms with Crippen LogP contribution in [0, 0.1) is 0 Å². The molecule has 0 bridgehead atoms. The summed E-state index contributed by atoms with van der Waals surface area (Å²) >= 11 is 0. The summed E-state index contributed by atoms with van der Waals surface area (Å²) in [6.07, 6.45) is 3.95. The van der Waals surface area contributed by atoms with Crippen LogP contribution in [0.3, 0.4) is 0 Å². The zero-order valence-corrected chi connectivity index (χ0v) is 13.9. The average molecular weight is 285 g/mol. The van der Waals surface area contributed by atoms with Crippen LogP contribution in [0.1, 0.15) is 39.3 Å². The Hall–Kier alpha value is -1.45. The Balaban J connectivity index is 2.54. The second-order valence-electron chi connectivity index (χ2n) is 6.00. The summed E-state index contributed by atoms with van der Waals surface area (Å²) in [5.41, 5.74) is 1.29. The van der Waals surface area contributed by atoms with Gasteiger partial charge in [-0.1, -0.05) is 38.1 Å². The van der Waals surface area contributed by atoms with Crippen molar-refractivity contribution in [1.82, 2.24) is 15.2 Å². The molecule has 0 saturated carbocycles. The molecule has 1 atom stereocenters. The van der Waals surface area contributed by atoms with Gasteiger partial charge in [0.15, 0.2) is 0 Å². The lowest BCUT2D eigenvalue weighted by atomic mass is 9.85. The number of pyridine rings is 1. The van der Waals surface area contributed by atoms with Crippen molar-refractivity contribution in [2.24, 2.45) is 0 Å². The fourth-order valence-electron chi connectivity index (χ4n) is 3.48. The molecule has 21 heavy (non-hydrogen) atoms. The van der Waals surface area contributed by atoms with E-state index in [0.717, 1.165) is 13.1 Å². The summed E-state index contributed by atoms with van der Waals surface area (Å²) in [7, 11) is 2.04. The molecule has 3 heteroatoms. The molecule has 1 heterocycles. The number of likely N-dealkylation sites (N-methyl/N-ethyl adjacent to an activating group) is 2. The van der Waals surface area contributed by atoms with Crippen molar-refractivity contribution in [2.75, 3.05) is 20.1 Å². The SMILES string of the molecule is CCN(CC)C(C)(C)C(NC)c1cncc2ccccc12. The number of rotatable bonds is 6. The van der Waals surface area contributed by atoms with Crippen molar-refractivity contribution in [3.63, 3.8) is 0 Å². The van der Waals surface area contributed by atoms with Crippen LogP contribution in [-0.2, 0) is 0 Å². The highest BCUT2D eigenvalue weighted by molar-refractivity contribution is 5.85. The highest BCUT2D eigenvalue weighted by Crippen LogP contribution is 2.34. The number of aromatic nitrogens is 1. The molecule has 0 spiro atoms. The monoisotopic (exact) mass is 285 g/mol. The fourth-order valence-corrected chi connectivity index (χ4v) is 3.48. The molecule has 1 aromatic heterocycles. The average Bonchev–Trinajstić information content (AvgIpc) is 2.49. The Labute approximate surface area is 128 Å². The maximum absolute atomic E-state index is 4.45. The predicted octanol–water partition coefficient (Wildman–Crippen LogP) is 3.62. The lowest BCUT2D eigenvalue weighted by molar-refractivity contribution is 0.0949. The number of benzene rings is 1. The third-order valence-corrected chi connectivity index (χ3v) is 4.58. The topological polar surface area (TPSA) is 28.2 Å². The molecule has 0 fully saturated rings. The maximum Gasteiger partial charge on any atom is 0.0520 e. The molecule has 1 N–H and O–H groups in total. The van der Waals surface area contributed by atoms with Crippen molar-refractivity contribution in [2.45, 2.75) is 39.3 Å². The van der Waals surface area contributed by atoms with Crippen LogP contribution in [0.2, 0.25) is 0 Å². The van der Waals surface area contributed by atoms with Crippen LogP contribution in [-0.4, -0.2) is 35.6 Å². The zero-order chi connectivity index (χ0) is 15.5. The number of nitrogens with zero attached hydrogens (tertiary/aromatic N) is 2. The van der Waals surface area contributed by atoms with Crippen LogP contribution >= 0.6 is 0 Å². The zero-order valence-electron chi connectivity index (χ0n) is 13.9. The van der Waals surface area contributed by atoms with Gasteiger partial charge < -0.3 is 5.32 Å². The van der Waals surface area contributed by atoms with Crippen molar-refractivity contribution in [3.05, 3.63) is 42.2 Å². The highest BCUT2D eigenvalue weighted by Gasteiger charge is 2.35. The molecule has 0 aliphatic heterocycles. The summed E-state index contributed by atoms with van der Waals surface area (Å²) in [5.74, 6) is 0. The van der Waals surface area contributed by atoms with Crippen LogP contribution in [0.25, 0.3) is 10.8 Å². The molecule has 1 unspecified atom stereocenters. The van der Waals surface area contributed by atoms with Crippen LogP contribution < -0.4 is 5.32 Å². The second kappa shape index (κ2) is 6.54. The molecule has 0 amide bonds. The second-order valence-corrected chi connectivity index (χ2v) is 6.00. The van der Waals surface area contributed by atoms with Gasteiger partial charge in [-0.2, -0.15) is 0 Å². The summed E-state index contributed by atoms with van der Waals surface area (Å²) < 4.78 is 0. The first kappa shape index (κ1) is 15.9. The summed E-state index contributed by atoms with van der Waals surface area (Å²) in [5, 5.41) is 6.00. The standard InChI is InChI=1S/C18H27N3/c1-6-21(7-2)18(3,4)17(19-5)16-13-20-12-14-10-8-9-11-15(14)16/h8-13,17,19H,6-7H2,1-5H3. The van der Waals surface area contributed by atoms with E-state index in [-0.39, 0.29) is 11.6 Å². The molecule has 114 valence electrons. The lowest BCUT2D eigenvalue weighted by Crippen LogP contribution is -2.52. The smallest absolute Gasteiger partial charge is 0.0520 e. The first-order valence-electron chi connectivity index (χ1n) is 7.81. The first-order valence-corrected chi connectivity index (χ1v) is 7.81. The molecular formula is C18H27N3. The van der Waals surface area contributed by atoms with Gasteiger partial charge in [0.25, 0.3) is 0 Å². The summed E-state index contributed by atoms with van der Waals surface area (Å²) in [4.78, 5) is 6.94. The lowest BCUT2D eigenvalue weighted by Gasteiger charge is -2.43. The van der Waals surface area contributed by atoms with E-state index in [1.165, 1.54) is 16.3 Å². The van der Waals surface area contributed by atoms with E-state index in [1.54, 1.807) is 0 Å². The molecule has 0 saturated heterocycles. The molecule has 0 aliphatic carbocycles. The molecule has 0 aliphatic rings. The third kappa shape index (κ3) is 2.94. The van der Waals surface area contributed by atoms with E-state index >= 15 is 0 Å². The molecule has 1 aromatic carbocycles. The fraction of sp³-hybridized carbons (Fsp3) is 0.500. The minimum Gasteiger partial charge on any atom is -0.311 e. The van der Waals surface area contributed by atoms with E-state index in [4.69, 9.17) is 0 Å². The molecule has 2 rings (SSSR count). The molecule has 2 aromatic rings. The van der Waals surface area contributed by atoms with Gasteiger partial charge in [-0.25, -0.2) is 0 Å². The maximum atomic E-state index is 4.45. The Kier molecular flexibility index (Phi) is 4.96. The van der Waals surface area contributed by atoms with Crippen LogP contribution in [0.15, 0.2) is 36.7 Å². The Bertz CT molecular complexity index is 583. The predicted molar refractivity (Wildman–Crippen MR) is 90.5 cm³/mol. The number of nitrogens with one attached hydrogen (secondary N) is 1. The van der Waals surface area contributed by atoms with Crippen molar-refractivity contribution in [1.29, 1.82) is 0 Å². The van der Waals surface area contributed by atoms with Gasteiger partial charge in [0.05, 0.1) is 6.04 Å². The quantitative estimate of drug-likeness (QED) is 0.878. The van der Waals surface area contributed by atoms with Gasteiger partial charge in [-0.05, 0) is 44.9 Å². The van der Waals surface area contributed by atoms with E-state index in [9.17, 15) is 0 Å². The van der Waals surface area contributed by atoms with Crippen LogP contribution in [0.5, 0.6) is 0 Å². The molecular weight excluding hydrogens is 258 g/mol. The van der Waals surface area contributed by atoms with Gasteiger partial charge >= 0.3 is 0 Å². The summed E-state index contributed by atoms with van der Waals surface area (Å²) in [6.45, 7) is 11.1. The first-order chi connectivity index (χ1) is 10.1. The van der Waals surface area contributed by atoms with Gasteiger partial charge in [-0.15, -0.1) is 0 Å². The van der Waals surface area contributed by atoms with E-state index in [2.05, 4.69) is 67.2 Å². The van der Waals surface area contributed by atoms with Crippen molar-refractivity contribution >= 4 is 10.8 Å². The highest BCUT2D eigenvalue weighted by atomic mass is 15.2. The van der Waals surface area contributed by atoms with Crippen LogP contribution in [0.4, 0.5) is 0 Å². The number of fused-ring (bicyclic) bond motifs is 1. The van der Waals surface area contributed by atoms with E-state index < -0.39 is 0 Å². The number of hydrogen-bond donors (Lipinski definition) is 1. The Morgan fingerprint density at radius 3 is 2.43 bits per heavy atom. The Morgan fingerprint density at radius 2 is 1.81 bits per heavy atom. The minimum atomic E-state index is 0.0179. The molecule has 0 radical (unpaired) electrons. The van der Waals surface area contributed by atoms with Gasteiger partial charge in [0.2, 0.25) is 0 Å². The van der Waals surface area contributed by atoms with Gasteiger partial charge in [0, 0.05) is 23.3 Å². The normalized spacial score (nSPS) is 13.8. The van der Waals surface area contributed by atoms with Crippen molar-refractivity contribution in [3.8, 4) is 0 Å². The Morgan fingerprint density at radius 1 is 1.14 bits per heavy atom. The largest absolute Gasteiger partial charge is 0.311 e. The molecule has 3 nitrogen and oxygen atoms in total. The van der Waals surface area contributed by atoms with E-state index in [0.29, 0.717) is 0 Å². The van der Waals surface area contributed by atoms with Crippen molar-refractivity contribution < 1.29 is 0 Å². The summed E-state index contributed by atoms with van der Waals surface area (Å²) in [6, 6.07) is 8.72. The van der Waals surface area contributed by atoms with Gasteiger partial charge in [0.1, 0.15) is 0 Å². The third-order valence-electron chi connectivity index (χ3n) is 4.58.